The maximum Gasteiger partial charge on any atom is 0.573 e. The average molecular weight is 302 g/mol. The molecule has 118 valence electrons. The molecule has 2 rings (SSSR count). The molecule has 6 heteroatoms. The monoisotopic (exact) mass is 302 g/mol. The molecular formula is C15H21F3N2O. The maximum absolute atomic E-state index is 12.4. The summed E-state index contributed by atoms with van der Waals surface area (Å²) in [5.74, 6) is -0.134. The van der Waals surface area contributed by atoms with Crippen LogP contribution in [0.3, 0.4) is 0 Å². The van der Waals surface area contributed by atoms with Crippen LogP contribution in [0, 0.1) is 0 Å². The topological polar surface area (TPSA) is 24.5 Å². The van der Waals surface area contributed by atoms with Gasteiger partial charge in [-0.3, -0.25) is 0 Å². The minimum Gasteiger partial charge on any atom is -0.405 e. The predicted octanol–water partition coefficient (Wildman–Crippen LogP) is 3.16. The number of hydrogen-bond donors (Lipinski definition) is 1. The van der Waals surface area contributed by atoms with Crippen LogP contribution < -0.4 is 10.1 Å². The standard InChI is InChI=1S/C15H21F3N2O/c1-20(2)14(8-5-9-14)11-19-10-12-6-3-4-7-13(12)21-15(16,17)18/h3-4,6-7,19H,5,8-11H2,1-2H3. The van der Waals surface area contributed by atoms with Crippen molar-refractivity contribution in [2.45, 2.75) is 37.7 Å². The molecule has 21 heavy (non-hydrogen) atoms. The van der Waals surface area contributed by atoms with Crippen LogP contribution in [0.5, 0.6) is 5.75 Å². The molecule has 0 spiro atoms. The summed E-state index contributed by atoms with van der Waals surface area (Å²) in [5, 5.41) is 3.26. The van der Waals surface area contributed by atoms with Gasteiger partial charge in [0.05, 0.1) is 0 Å². The zero-order valence-corrected chi connectivity index (χ0v) is 12.3. The van der Waals surface area contributed by atoms with Gasteiger partial charge in [0.1, 0.15) is 5.75 Å². The van der Waals surface area contributed by atoms with Gasteiger partial charge in [-0.25, -0.2) is 0 Å². The number of para-hydroxylation sites is 1. The summed E-state index contributed by atoms with van der Waals surface area (Å²) in [6.45, 7) is 1.13. The number of ether oxygens (including phenoxy) is 1. The smallest absolute Gasteiger partial charge is 0.405 e. The summed E-state index contributed by atoms with van der Waals surface area (Å²) < 4.78 is 41.1. The van der Waals surface area contributed by atoms with Crippen LogP contribution in [0.2, 0.25) is 0 Å². The molecule has 0 heterocycles. The van der Waals surface area contributed by atoms with Gasteiger partial charge in [-0.2, -0.15) is 0 Å². The Labute approximate surface area is 123 Å². The number of likely N-dealkylation sites (N-methyl/N-ethyl adjacent to an activating group) is 1. The van der Waals surface area contributed by atoms with Crippen molar-refractivity contribution in [1.82, 2.24) is 10.2 Å². The molecule has 1 aliphatic rings. The Balaban J connectivity index is 1.94. The first-order chi connectivity index (χ1) is 9.82. The van der Waals surface area contributed by atoms with E-state index >= 15 is 0 Å². The van der Waals surface area contributed by atoms with Crippen molar-refractivity contribution in [2.24, 2.45) is 0 Å². The summed E-state index contributed by atoms with van der Waals surface area (Å²) in [5.41, 5.74) is 0.655. The molecule has 3 nitrogen and oxygen atoms in total. The second-order valence-corrected chi connectivity index (χ2v) is 5.73. The highest BCUT2D eigenvalue weighted by Gasteiger charge is 2.38. The fourth-order valence-electron chi connectivity index (χ4n) is 2.67. The Hall–Kier alpha value is -1.27. The number of hydrogen-bond acceptors (Lipinski definition) is 3. The molecule has 1 fully saturated rings. The predicted molar refractivity (Wildman–Crippen MR) is 75.1 cm³/mol. The number of benzene rings is 1. The lowest BCUT2D eigenvalue weighted by molar-refractivity contribution is -0.274. The van der Waals surface area contributed by atoms with E-state index in [4.69, 9.17) is 0 Å². The van der Waals surface area contributed by atoms with Gasteiger partial charge >= 0.3 is 6.36 Å². The molecule has 0 aromatic heterocycles. The Bertz CT molecular complexity index is 470. The number of alkyl halides is 3. The van der Waals surface area contributed by atoms with E-state index in [9.17, 15) is 13.2 Å². The van der Waals surface area contributed by atoms with Gasteiger partial charge in [-0.1, -0.05) is 18.2 Å². The highest BCUT2D eigenvalue weighted by molar-refractivity contribution is 5.33. The SMILES string of the molecule is CN(C)C1(CNCc2ccccc2OC(F)(F)F)CCC1. The molecule has 0 bridgehead atoms. The number of nitrogens with one attached hydrogen (secondary N) is 1. The first-order valence-electron chi connectivity index (χ1n) is 7.04. The largest absolute Gasteiger partial charge is 0.573 e. The molecule has 1 N–H and O–H groups in total. The van der Waals surface area contributed by atoms with Crippen molar-refractivity contribution in [3.05, 3.63) is 29.8 Å². The van der Waals surface area contributed by atoms with Gasteiger partial charge in [-0.05, 0) is 39.4 Å². The van der Waals surface area contributed by atoms with Crippen molar-refractivity contribution in [2.75, 3.05) is 20.6 Å². The van der Waals surface area contributed by atoms with E-state index in [0.29, 0.717) is 12.1 Å². The van der Waals surface area contributed by atoms with E-state index < -0.39 is 6.36 Å². The molecule has 1 aliphatic carbocycles. The van der Waals surface area contributed by atoms with Crippen LogP contribution in [0.25, 0.3) is 0 Å². The van der Waals surface area contributed by atoms with Crippen LogP contribution in [0.1, 0.15) is 24.8 Å². The van der Waals surface area contributed by atoms with Crippen LogP contribution >= 0.6 is 0 Å². The number of nitrogens with zero attached hydrogens (tertiary/aromatic N) is 1. The lowest BCUT2D eigenvalue weighted by Gasteiger charge is -2.47. The first kappa shape index (κ1) is 16.1. The lowest BCUT2D eigenvalue weighted by Crippen LogP contribution is -2.56. The molecule has 1 saturated carbocycles. The third-order valence-corrected chi connectivity index (χ3v) is 4.20. The van der Waals surface area contributed by atoms with Crippen LogP contribution in [-0.2, 0) is 6.54 Å². The molecule has 1 aromatic rings. The molecule has 0 amide bonds. The van der Waals surface area contributed by atoms with E-state index in [1.807, 2.05) is 14.1 Å². The summed E-state index contributed by atoms with van der Waals surface area (Å²) in [7, 11) is 4.09. The summed E-state index contributed by atoms with van der Waals surface area (Å²) in [4.78, 5) is 2.20. The molecule has 0 unspecified atom stereocenters. The summed E-state index contributed by atoms with van der Waals surface area (Å²) in [6.07, 6.45) is -1.22. The van der Waals surface area contributed by atoms with Gasteiger partial charge in [0.2, 0.25) is 0 Å². The van der Waals surface area contributed by atoms with Crippen LogP contribution in [0.15, 0.2) is 24.3 Å². The highest BCUT2D eigenvalue weighted by atomic mass is 19.4. The fourth-order valence-corrected chi connectivity index (χ4v) is 2.67. The molecular weight excluding hydrogens is 281 g/mol. The van der Waals surface area contributed by atoms with Crippen molar-refractivity contribution >= 4 is 0 Å². The van der Waals surface area contributed by atoms with Gasteiger partial charge in [0.15, 0.2) is 0 Å². The third kappa shape index (κ3) is 4.11. The van der Waals surface area contributed by atoms with Gasteiger partial charge in [0, 0.05) is 24.2 Å². The van der Waals surface area contributed by atoms with Crippen molar-refractivity contribution in [1.29, 1.82) is 0 Å². The van der Waals surface area contributed by atoms with Crippen molar-refractivity contribution in [3.8, 4) is 5.75 Å². The molecule has 0 atom stereocenters. The van der Waals surface area contributed by atoms with Crippen molar-refractivity contribution < 1.29 is 17.9 Å². The molecule has 0 aliphatic heterocycles. The number of rotatable bonds is 6. The molecule has 1 aromatic carbocycles. The second kappa shape index (κ2) is 6.23. The Morgan fingerprint density at radius 1 is 1.24 bits per heavy atom. The van der Waals surface area contributed by atoms with Crippen molar-refractivity contribution in [3.63, 3.8) is 0 Å². The van der Waals surface area contributed by atoms with E-state index in [2.05, 4.69) is 15.0 Å². The van der Waals surface area contributed by atoms with Gasteiger partial charge in [-0.15, -0.1) is 13.2 Å². The normalized spacial score (nSPS) is 17.6. The first-order valence-corrected chi connectivity index (χ1v) is 7.04. The fraction of sp³-hybridized carbons (Fsp3) is 0.600. The summed E-state index contributed by atoms with van der Waals surface area (Å²) >= 11 is 0. The van der Waals surface area contributed by atoms with Crippen LogP contribution in [-0.4, -0.2) is 37.4 Å². The molecule has 0 saturated heterocycles. The Morgan fingerprint density at radius 3 is 2.43 bits per heavy atom. The Morgan fingerprint density at radius 2 is 1.90 bits per heavy atom. The minimum atomic E-state index is -4.66. The van der Waals surface area contributed by atoms with E-state index in [-0.39, 0.29) is 11.3 Å². The minimum absolute atomic E-state index is 0.134. The average Bonchev–Trinajstić information content (AvgIpc) is 2.32. The zero-order chi connectivity index (χ0) is 15.5. The van der Waals surface area contributed by atoms with E-state index in [0.717, 1.165) is 19.4 Å². The summed E-state index contributed by atoms with van der Waals surface area (Å²) in [6, 6.07) is 6.25. The number of halogens is 3. The van der Waals surface area contributed by atoms with Gasteiger partial charge < -0.3 is 15.0 Å². The second-order valence-electron chi connectivity index (χ2n) is 5.73. The van der Waals surface area contributed by atoms with E-state index in [1.165, 1.54) is 18.6 Å². The highest BCUT2D eigenvalue weighted by Crippen LogP contribution is 2.35. The zero-order valence-electron chi connectivity index (χ0n) is 12.3. The maximum atomic E-state index is 12.4. The third-order valence-electron chi connectivity index (χ3n) is 4.20. The Kier molecular flexibility index (Phi) is 4.78. The molecule has 0 radical (unpaired) electrons. The quantitative estimate of drug-likeness (QED) is 0.873. The van der Waals surface area contributed by atoms with Crippen LogP contribution in [0.4, 0.5) is 13.2 Å². The van der Waals surface area contributed by atoms with E-state index in [1.54, 1.807) is 12.1 Å². The lowest BCUT2D eigenvalue weighted by atomic mass is 9.75. The van der Waals surface area contributed by atoms with Gasteiger partial charge in [0.25, 0.3) is 0 Å².